The second-order valence-corrected chi connectivity index (χ2v) is 15.7. The summed E-state index contributed by atoms with van der Waals surface area (Å²) in [6.07, 6.45) is 16.4. The lowest BCUT2D eigenvalue weighted by molar-refractivity contribution is -0.910. The summed E-state index contributed by atoms with van der Waals surface area (Å²) in [7, 11) is 0.639. The van der Waals surface area contributed by atoms with Crippen molar-refractivity contribution in [3.63, 3.8) is 0 Å². The fourth-order valence-corrected chi connectivity index (χ4v) is 7.43. The van der Waals surface area contributed by atoms with Crippen LogP contribution in [0.25, 0.3) is 0 Å². The van der Waals surface area contributed by atoms with E-state index in [1.807, 2.05) is 0 Å². The Hall–Kier alpha value is -2.75. The zero-order valence-electron chi connectivity index (χ0n) is 32.2. The highest BCUT2D eigenvalue weighted by Gasteiger charge is 2.28. The number of hydrogen-bond donors (Lipinski definition) is 2. The van der Waals surface area contributed by atoms with Crippen LogP contribution in [-0.2, 0) is 9.84 Å². The second kappa shape index (κ2) is 25.2. The molecule has 0 bridgehead atoms. The standard InChI is InChI=1S/C14H10O6S.2C13H30N/c15-13(16)9-5-1-3-7-11(9)21(19,20)12-8-4-2-6-10(12)14(17)18;2*1-5-8-11-14(4,12-9-6-2)13-10-7-3/h1-8H,(H,15,16)(H,17,18);2*5-13H2,1-4H3/q;2*+1. The average Bonchev–Trinajstić information content (AvgIpc) is 3.10. The molecule has 0 spiro atoms. The molecule has 0 saturated carbocycles. The van der Waals surface area contributed by atoms with Crippen LogP contribution < -0.4 is 0 Å². The van der Waals surface area contributed by atoms with E-state index >= 15 is 0 Å². The Morgan fingerprint density at radius 3 is 0.918 bits per heavy atom. The minimum atomic E-state index is -4.25. The maximum Gasteiger partial charge on any atom is 0.337 e. The van der Waals surface area contributed by atoms with Gasteiger partial charge in [0.2, 0.25) is 9.84 Å². The first-order valence-electron chi connectivity index (χ1n) is 18.8. The summed E-state index contributed by atoms with van der Waals surface area (Å²) in [4.78, 5) is 21.4. The van der Waals surface area contributed by atoms with Gasteiger partial charge in [-0.15, -0.1) is 0 Å². The molecular formula is C40H70N2O6S+2. The molecule has 0 radical (unpaired) electrons. The van der Waals surface area contributed by atoms with E-state index in [1.165, 1.54) is 150 Å². The van der Waals surface area contributed by atoms with E-state index in [9.17, 15) is 18.0 Å². The molecule has 9 heteroatoms. The Balaban J connectivity index is 0.000000734. The van der Waals surface area contributed by atoms with Crippen molar-refractivity contribution in [2.45, 2.75) is 128 Å². The quantitative estimate of drug-likeness (QED) is 0.118. The highest BCUT2D eigenvalue weighted by atomic mass is 32.2. The predicted octanol–water partition coefficient (Wildman–Crippen LogP) is 9.58. The van der Waals surface area contributed by atoms with Crippen LogP contribution in [-0.4, -0.2) is 92.9 Å². The van der Waals surface area contributed by atoms with Gasteiger partial charge in [0.1, 0.15) is 0 Å². The molecule has 0 atom stereocenters. The van der Waals surface area contributed by atoms with Gasteiger partial charge in [-0.3, -0.25) is 0 Å². The van der Waals surface area contributed by atoms with Crippen LogP contribution >= 0.6 is 0 Å². The third-order valence-electron chi connectivity index (χ3n) is 9.12. The number of carboxylic acid groups (broad SMARTS) is 2. The van der Waals surface area contributed by atoms with Crippen molar-refractivity contribution < 1.29 is 37.2 Å². The number of sulfone groups is 1. The molecule has 2 rings (SSSR count). The predicted molar refractivity (Wildman–Crippen MR) is 203 cm³/mol. The maximum absolute atomic E-state index is 12.6. The van der Waals surface area contributed by atoms with Crippen LogP contribution in [0.4, 0.5) is 0 Å². The Bertz CT molecular complexity index is 1170. The number of nitrogens with zero attached hydrogens (tertiary/aromatic N) is 2. The van der Waals surface area contributed by atoms with Crippen molar-refractivity contribution >= 4 is 21.8 Å². The monoisotopic (exact) mass is 706 g/mol. The van der Waals surface area contributed by atoms with Gasteiger partial charge in [0.05, 0.1) is 74.3 Å². The summed E-state index contributed by atoms with van der Waals surface area (Å²) in [5.41, 5.74) is -0.810. The zero-order valence-corrected chi connectivity index (χ0v) is 33.0. The smallest absolute Gasteiger partial charge is 0.337 e. The van der Waals surface area contributed by atoms with Crippen molar-refractivity contribution in [2.24, 2.45) is 0 Å². The summed E-state index contributed by atoms with van der Waals surface area (Å²) in [6, 6.07) is 10.1. The van der Waals surface area contributed by atoms with E-state index < -0.39 is 42.7 Å². The van der Waals surface area contributed by atoms with Gasteiger partial charge in [-0.05, 0) is 62.8 Å². The molecule has 0 aliphatic heterocycles. The van der Waals surface area contributed by atoms with Gasteiger partial charge in [-0.2, -0.15) is 0 Å². The number of carboxylic acids is 2. The number of unbranched alkanes of at least 4 members (excludes halogenated alkanes) is 6. The average molecular weight is 707 g/mol. The van der Waals surface area contributed by atoms with Gasteiger partial charge in [-0.1, -0.05) is 104 Å². The lowest BCUT2D eigenvalue weighted by Crippen LogP contribution is -2.46. The lowest BCUT2D eigenvalue weighted by Gasteiger charge is -2.34. The van der Waals surface area contributed by atoms with Gasteiger partial charge in [-0.25, -0.2) is 18.0 Å². The van der Waals surface area contributed by atoms with E-state index in [4.69, 9.17) is 10.2 Å². The first-order valence-corrected chi connectivity index (χ1v) is 20.3. The molecule has 2 aromatic carbocycles. The Labute approximate surface area is 299 Å². The third-order valence-corrected chi connectivity index (χ3v) is 11.0. The minimum Gasteiger partial charge on any atom is -0.478 e. The van der Waals surface area contributed by atoms with Crippen LogP contribution in [0.5, 0.6) is 0 Å². The first kappa shape index (κ1) is 46.2. The molecule has 0 aliphatic rings. The highest BCUT2D eigenvalue weighted by Crippen LogP contribution is 2.27. The van der Waals surface area contributed by atoms with Crippen molar-refractivity contribution in [1.82, 2.24) is 0 Å². The molecule has 0 amide bonds. The SMILES string of the molecule is CCCC[N+](C)(CCCC)CCCC.CCCC[N+](C)(CCCC)CCCC.O=C(O)c1ccccc1S(=O)(=O)c1ccccc1C(=O)O. The van der Waals surface area contributed by atoms with Crippen molar-refractivity contribution in [3.05, 3.63) is 59.7 Å². The topological polar surface area (TPSA) is 109 Å². The van der Waals surface area contributed by atoms with Crippen LogP contribution in [0.15, 0.2) is 58.3 Å². The van der Waals surface area contributed by atoms with E-state index in [-0.39, 0.29) is 0 Å². The molecule has 0 unspecified atom stereocenters. The van der Waals surface area contributed by atoms with E-state index in [0.29, 0.717) is 0 Å². The van der Waals surface area contributed by atoms with Gasteiger partial charge in [0.25, 0.3) is 0 Å². The van der Waals surface area contributed by atoms with Gasteiger partial charge >= 0.3 is 11.9 Å². The molecular weight excluding hydrogens is 637 g/mol. The van der Waals surface area contributed by atoms with Crippen LogP contribution in [0.3, 0.4) is 0 Å². The Kier molecular flexibility index (Phi) is 23.8. The molecule has 0 saturated heterocycles. The number of benzene rings is 2. The minimum absolute atomic E-state index is 0.405. The molecule has 0 heterocycles. The largest absolute Gasteiger partial charge is 0.478 e. The Morgan fingerprint density at radius 2 is 0.714 bits per heavy atom. The fraction of sp³-hybridized carbons (Fsp3) is 0.650. The first-order chi connectivity index (χ1) is 23.2. The van der Waals surface area contributed by atoms with Crippen LogP contribution in [0.1, 0.15) is 139 Å². The van der Waals surface area contributed by atoms with Gasteiger partial charge in [0, 0.05) is 0 Å². The van der Waals surface area contributed by atoms with Crippen molar-refractivity contribution in [2.75, 3.05) is 53.4 Å². The maximum atomic E-state index is 12.6. The molecule has 2 N–H and O–H groups in total. The number of aromatic carboxylic acids is 2. The number of quaternary nitrogens is 2. The summed E-state index contributed by atoms with van der Waals surface area (Å²) in [5, 5.41) is 18.1. The molecule has 8 nitrogen and oxygen atoms in total. The summed E-state index contributed by atoms with van der Waals surface area (Å²) in [6.45, 7) is 22.1. The van der Waals surface area contributed by atoms with Crippen LogP contribution in [0.2, 0.25) is 0 Å². The van der Waals surface area contributed by atoms with Gasteiger partial charge < -0.3 is 19.2 Å². The van der Waals surface area contributed by atoms with Crippen molar-refractivity contribution in [3.8, 4) is 0 Å². The molecule has 2 aromatic rings. The molecule has 49 heavy (non-hydrogen) atoms. The normalized spacial score (nSPS) is 11.6. The van der Waals surface area contributed by atoms with E-state index in [1.54, 1.807) is 0 Å². The second-order valence-electron chi connectivity index (χ2n) is 13.8. The van der Waals surface area contributed by atoms with Crippen molar-refractivity contribution in [1.29, 1.82) is 0 Å². The van der Waals surface area contributed by atoms with Crippen LogP contribution in [0, 0.1) is 0 Å². The summed E-state index contributed by atoms with van der Waals surface area (Å²) < 4.78 is 27.7. The third kappa shape index (κ3) is 17.7. The fourth-order valence-electron chi connectivity index (χ4n) is 5.78. The van der Waals surface area contributed by atoms with E-state index in [0.717, 1.165) is 24.3 Å². The molecule has 0 aliphatic carbocycles. The van der Waals surface area contributed by atoms with Gasteiger partial charge in [0.15, 0.2) is 0 Å². The lowest BCUT2D eigenvalue weighted by atomic mass is 10.2. The Morgan fingerprint density at radius 1 is 0.490 bits per heavy atom. The summed E-state index contributed by atoms with van der Waals surface area (Å²) >= 11 is 0. The zero-order chi connectivity index (χ0) is 37.3. The number of rotatable bonds is 22. The summed E-state index contributed by atoms with van der Waals surface area (Å²) in [5.74, 6) is -2.80. The van der Waals surface area contributed by atoms with E-state index in [2.05, 4.69) is 55.6 Å². The molecule has 0 fully saturated rings. The molecule has 0 aromatic heterocycles. The highest BCUT2D eigenvalue weighted by molar-refractivity contribution is 7.91. The number of carbonyl (C=O) groups is 2. The molecule has 280 valence electrons. The number of hydrogen-bond acceptors (Lipinski definition) is 4.